The van der Waals surface area contributed by atoms with Gasteiger partial charge in [-0.05, 0) is 44.0 Å². The molecule has 1 N–H and O–H groups in total. The summed E-state index contributed by atoms with van der Waals surface area (Å²) in [5.41, 5.74) is 2.57. The van der Waals surface area contributed by atoms with E-state index in [0.29, 0.717) is 12.0 Å². The molecule has 0 saturated carbocycles. The summed E-state index contributed by atoms with van der Waals surface area (Å²) in [6, 6.07) is 14.0. The van der Waals surface area contributed by atoms with Crippen molar-refractivity contribution in [2.75, 3.05) is 19.0 Å². The molecule has 2 aromatic rings. The highest BCUT2D eigenvalue weighted by molar-refractivity contribution is 7.89. The Hall–Kier alpha value is -1.89. The fourth-order valence-electron chi connectivity index (χ4n) is 3.63. The van der Waals surface area contributed by atoms with Crippen LogP contribution in [-0.2, 0) is 16.4 Å². The second-order valence-electron chi connectivity index (χ2n) is 7.24. The SMILES string of the molecule is CC(C)N1[C@H](Cc2ccc(N(C)C)cc2)[C@H](O)c2ccccc2S1(=O)=O. The number of aliphatic hydroxyl groups is 1. The summed E-state index contributed by atoms with van der Waals surface area (Å²) in [5.74, 6) is 0. The molecule has 0 fully saturated rings. The molecule has 6 heteroatoms. The summed E-state index contributed by atoms with van der Waals surface area (Å²) < 4.78 is 27.7. The fraction of sp³-hybridized carbons (Fsp3) is 0.400. The van der Waals surface area contributed by atoms with Gasteiger partial charge in [-0.3, -0.25) is 0 Å². The van der Waals surface area contributed by atoms with E-state index in [1.54, 1.807) is 24.3 Å². The number of benzene rings is 2. The van der Waals surface area contributed by atoms with Crippen LogP contribution in [0.25, 0.3) is 0 Å². The van der Waals surface area contributed by atoms with Crippen LogP contribution in [0.5, 0.6) is 0 Å². The molecule has 0 bridgehead atoms. The quantitative estimate of drug-likeness (QED) is 0.894. The zero-order chi connectivity index (χ0) is 19.1. The molecule has 0 radical (unpaired) electrons. The Balaban J connectivity index is 2.02. The normalized spacial score (nSPS) is 22.2. The number of aliphatic hydroxyl groups excluding tert-OH is 1. The average Bonchev–Trinajstić information content (AvgIpc) is 2.59. The number of anilines is 1. The van der Waals surface area contributed by atoms with Crippen LogP contribution in [-0.4, -0.2) is 44.0 Å². The van der Waals surface area contributed by atoms with Gasteiger partial charge in [-0.2, -0.15) is 4.31 Å². The lowest BCUT2D eigenvalue weighted by Crippen LogP contribution is -2.52. The van der Waals surface area contributed by atoms with Gasteiger partial charge in [-0.15, -0.1) is 0 Å². The van der Waals surface area contributed by atoms with E-state index < -0.39 is 22.2 Å². The van der Waals surface area contributed by atoms with Gasteiger partial charge in [0.2, 0.25) is 10.0 Å². The standard InChI is InChI=1S/C20H26N2O3S/c1-14(2)22-18(13-15-9-11-16(12-10-15)21(3)4)20(23)17-7-5-6-8-19(17)26(22,24)25/h5-12,14,18,20,23H,13H2,1-4H3/t18-,20-/m1/s1. The van der Waals surface area contributed by atoms with E-state index in [2.05, 4.69) is 0 Å². The predicted molar refractivity (Wildman–Crippen MR) is 104 cm³/mol. The molecular weight excluding hydrogens is 348 g/mol. The highest BCUT2D eigenvalue weighted by atomic mass is 32.2. The van der Waals surface area contributed by atoms with Crippen molar-refractivity contribution in [2.24, 2.45) is 0 Å². The van der Waals surface area contributed by atoms with Crippen molar-refractivity contribution < 1.29 is 13.5 Å². The number of sulfonamides is 1. The van der Waals surface area contributed by atoms with E-state index in [0.717, 1.165) is 11.3 Å². The van der Waals surface area contributed by atoms with E-state index in [1.165, 1.54) is 4.31 Å². The van der Waals surface area contributed by atoms with Crippen LogP contribution in [0.1, 0.15) is 31.1 Å². The van der Waals surface area contributed by atoms with Crippen LogP contribution < -0.4 is 4.90 Å². The summed E-state index contributed by atoms with van der Waals surface area (Å²) in [7, 11) is 0.311. The summed E-state index contributed by atoms with van der Waals surface area (Å²) in [5, 5.41) is 11.0. The van der Waals surface area contributed by atoms with E-state index >= 15 is 0 Å². The Bertz CT molecular complexity index is 876. The second-order valence-corrected chi connectivity index (χ2v) is 9.06. The Morgan fingerprint density at radius 2 is 1.69 bits per heavy atom. The largest absolute Gasteiger partial charge is 0.387 e. The Kier molecular flexibility index (Phi) is 5.10. The van der Waals surface area contributed by atoms with Crippen molar-refractivity contribution in [3.63, 3.8) is 0 Å². The van der Waals surface area contributed by atoms with Gasteiger partial charge in [0.25, 0.3) is 0 Å². The first kappa shape index (κ1) is 18.9. The molecule has 1 aliphatic rings. The molecule has 26 heavy (non-hydrogen) atoms. The first-order valence-electron chi connectivity index (χ1n) is 8.80. The van der Waals surface area contributed by atoms with Crippen LogP contribution in [0.2, 0.25) is 0 Å². The molecular formula is C20H26N2O3S. The summed E-state index contributed by atoms with van der Waals surface area (Å²) >= 11 is 0. The minimum atomic E-state index is -3.64. The fourth-order valence-corrected chi connectivity index (χ4v) is 5.70. The number of hydrogen-bond donors (Lipinski definition) is 1. The number of nitrogens with zero attached hydrogens (tertiary/aromatic N) is 2. The molecule has 3 rings (SSSR count). The van der Waals surface area contributed by atoms with Gasteiger partial charge in [0.05, 0.1) is 17.0 Å². The van der Waals surface area contributed by atoms with Crippen molar-refractivity contribution in [1.82, 2.24) is 4.31 Å². The smallest absolute Gasteiger partial charge is 0.244 e. The zero-order valence-electron chi connectivity index (χ0n) is 15.6. The van der Waals surface area contributed by atoms with Crippen LogP contribution in [0.15, 0.2) is 53.4 Å². The topological polar surface area (TPSA) is 60.9 Å². The Morgan fingerprint density at radius 3 is 2.27 bits per heavy atom. The molecule has 5 nitrogen and oxygen atoms in total. The van der Waals surface area contributed by atoms with Crippen LogP contribution in [0, 0.1) is 0 Å². The van der Waals surface area contributed by atoms with Gasteiger partial charge in [-0.25, -0.2) is 8.42 Å². The molecule has 0 saturated heterocycles. The van der Waals surface area contributed by atoms with Gasteiger partial charge in [0.1, 0.15) is 0 Å². The molecule has 0 aromatic heterocycles. The first-order valence-corrected chi connectivity index (χ1v) is 10.2. The second kappa shape index (κ2) is 7.02. The van der Waals surface area contributed by atoms with E-state index in [9.17, 15) is 13.5 Å². The van der Waals surface area contributed by atoms with Crippen molar-refractivity contribution >= 4 is 15.7 Å². The molecule has 0 spiro atoms. The zero-order valence-corrected chi connectivity index (χ0v) is 16.4. The van der Waals surface area contributed by atoms with Gasteiger partial charge in [0, 0.05) is 31.4 Å². The van der Waals surface area contributed by atoms with Gasteiger partial charge < -0.3 is 10.0 Å². The maximum absolute atomic E-state index is 13.1. The predicted octanol–water partition coefficient (Wildman–Crippen LogP) is 2.81. The molecule has 2 atom stereocenters. The number of fused-ring (bicyclic) bond motifs is 1. The molecule has 0 aliphatic carbocycles. The van der Waals surface area contributed by atoms with E-state index in [-0.39, 0.29) is 10.9 Å². The minimum absolute atomic E-state index is 0.209. The monoisotopic (exact) mass is 374 g/mol. The first-order chi connectivity index (χ1) is 12.2. The van der Waals surface area contributed by atoms with E-state index in [4.69, 9.17) is 0 Å². The summed E-state index contributed by atoms with van der Waals surface area (Å²) in [6.07, 6.45) is -0.397. The summed E-state index contributed by atoms with van der Waals surface area (Å²) in [4.78, 5) is 2.22. The van der Waals surface area contributed by atoms with Gasteiger partial charge in [-0.1, -0.05) is 30.3 Å². The van der Waals surface area contributed by atoms with Crippen molar-refractivity contribution in [1.29, 1.82) is 0 Å². The van der Waals surface area contributed by atoms with Crippen LogP contribution in [0.4, 0.5) is 5.69 Å². The highest BCUT2D eigenvalue weighted by Gasteiger charge is 2.44. The third kappa shape index (κ3) is 3.24. The lowest BCUT2D eigenvalue weighted by molar-refractivity contribution is 0.0685. The number of rotatable bonds is 4. The lowest BCUT2D eigenvalue weighted by Gasteiger charge is -2.41. The highest BCUT2D eigenvalue weighted by Crippen LogP contribution is 2.39. The van der Waals surface area contributed by atoms with E-state index in [1.807, 2.05) is 57.1 Å². The average molecular weight is 375 g/mol. The van der Waals surface area contributed by atoms with Crippen molar-refractivity contribution in [3.8, 4) is 0 Å². The Labute approximate surface area is 155 Å². The minimum Gasteiger partial charge on any atom is -0.387 e. The van der Waals surface area contributed by atoms with Gasteiger partial charge in [0.15, 0.2) is 0 Å². The Morgan fingerprint density at radius 1 is 1.08 bits per heavy atom. The number of hydrogen-bond acceptors (Lipinski definition) is 4. The lowest BCUT2D eigenvalue weighted by atomic mass is 9.95. The van der Waals surface area contributed by atoms with Crippen LogP contribution in [0.3, 0.4) is 0 Å². The van der Waals surface area contributed by atoms with Crippen molar-refractivity contribution in [2.45, 2.75) is 43.4 Å². The molecule has 0 unspecified atom stereocenters. The maximum Gasteiger partial charge on any atom is 0.244 e. The summed E-state index contributed by atoms with van der Waals surface area (Å²) in [6.45, 7) is 3.70. The van der Waals surface area contributed by atoms with Crippen LogP contribution >= 0.6 is 0 Å². The molecule has 1 heterocycles. The molecule has 140 valence electrons. The van der Waals surface area contributed by atoms with Crippen molar-refractivity contribution in [3.05, 3.63) is 59.7 Å². The maximum atomic E-state index is 13.1. The molecule has 0 amide bonds. The molecule has 1 aliphatic heterocycles. The van der Waals surface area contributed by atoms with Gasteiger partial charge >= 0.3 is 0 Å². The third-order valence-electron chi connectivity index (χ3n) is 4.89. The third-order valence-corrected chi connectivity index (χ3v) is 7.07. The molecule has 2 aromatic carbocycles.